The molecule has 0 saturated carbocycles. The van der Waals surface area contributed by atoms with E-state index in [-0.39, 0.29) is 15.7 Å². The maximum absolute atomic E-state index is 12.2. The smallest absolute Gasteiger partial charge is 0.319 e. The molecule has 9 nitrogen and oxygen atoms in total. The molecule has 0 heterocycles. The fourth-order valence-corrected chi connectivity index (χ4v) is 4.13. The monoisotopic (exact) mass is 487 g/mol. The predicted octanol–water partition coefficient (Wildman–Crippen LogP) is 5.74. The molecule has 0 aliphatic carbocycles. The molecule has 2 amide bonds. The van der Waals surface area contributed by atoms with E-state index in [0.717, 1.165) is 23.1 Å². The number of amides is 2. The summed E-state index contributed by atoms with van der Waals surface area (Å²) in [5, 5.41) is 16.3. The van der Waals surface area contributed by atoms with Crippen LogP contribution in [0.5, 0.6) is 5.75 Å². The Morgan fingerprint density at radius 2 is 1.56 bits per heavy atom. The zero-order chi connectivity index (χ0) is 25.7. The maximum Gasteiger partial charge on any atom is 0.319 e. The van der Waals surface area contributed by atoms with Gasteiger partial charge in [0.2, 0.25) is 0 Å². The van der Waals surface area contributed by atoms with E-state index in [1.54, 1.807) is 0 Å². The van der Waals surface area contributed by atoms with Crippen molar-refractivity contribution in [3.05, 3.63) is 63.5 Å². The molecule has 0 atom stereocenters. The lowest BCUT2D eigenvalue weighted by Gasteiger charge is -2.28. The van der Waals surface area contributed by atoms with Crippen molar-refractivity contribution in [1.82, 2.24) is 5.32 Å². The molecule has 3 N–H and O–H groups in total. The topological polar surface area (TPSA) is 144 Å². The SMILES string of the molecule is CC(C)(C)c1cc(CCCNC(=O)Nc2ccc(S(=O)(=O)N=[N+]=[N-])cc2)cc(C(C)(C)C)c1O. The quantitative estimate of drug-likeness (QED) is 0.198. The number of carbonyl (C=O) groups is 1. The van der Waals surface area contributed by atoms with Crippen molar-refractivity contribution < 1.29 is 18.3 Å². The molecule has 34 heavy (non-hydrogen) atoms. The number of nitrogens with one attached hydrogen (secondary N) is 2. The second-order valence-electron chi connectivity index (χ2n) is 10.2. The number of urea groups is 1. The Bertz CT molecular complexity index is 1150. The third-order valence-electron chi connectivity index (χ3n) is 5.27. The van der Waals surface area contributed by atoms with Gasteiger partial charge >= 0.3 is 6.03 Å². The molecule has 0 aliphatic rings. The molecule has 0 unspecified atom stereocenters. The van der Waals surface area contributed by atoms with E-state index in [1.807, 2.05) is 12.1 Å². The van der Waals surface area contributed by atoms with Crippen LogP contribution in [0.3, 0.4) is 0 Å². The molecule has 0 saturated heterocycles. The summed E-state index contributed by atoms with van der Waals surface area (Å²) in [5.74, 6) is 0.347. The summed E-state index contributed by atoms with van der Waals surface area (Å²) in [7, 11) is -4.06. The lowest BCUT2D eigenvalue weighted by atomic mass is 9.78. The Hall–Kier alpha value is -3.23. The number of benzene rings is 2. The summed E-state index contributed by atoms with van der Waals surface area (Å²) in [4.78, 5) is 14.3. The van der Waals surface area contributed by atoms with Crippen molar-refractivity contribution in [3.63, 3.8) is 0 Å². The fraction of sp³-hybridized carbons (Fsp3) is 0.458. The van der Waals surface area contributed by atoms with Crippen LogP contribution in [0.25, 0.3) is 10.4 Å². The van der Waals surface area contributed by atoms with Crippen LogP contribution in [-0.4, -0.2) is 26.1 Å². The highest BCUT2D eigenvalue weighted by Gasteiger charge is 2.26. The summed E-state index contributed by atoms with van der Waals surface area (Å²) >= 11 is 0. The molecular formula is C24H33N5O4S. The highest BCUT2D eigenvalue weighted by Crippen LogP contribution is 2.39. The zero-order valence-corrected chi connectivity index (χ0v) is 21.3. The summed E-state index contributed by atoms with van der Waals surface area (Å²) in [6.45, 7) is 12.9. The number of nitrogens with zero attached hydrogens (tertiary/aromatic N) is 3. The van der Waals surface area contributed by atoms with Gasteiger partial charge < -0.3 is 15.7 Å². The van der Waals surface area contributed by atoms with Gasteiger partial charge in [0.05, 0.1) is 4.90 Å². The summed E-state index contributed by atoms with van der Waals surface area (Å²) in [6, 6.07) is 9.00. The average Bonchev–Trinajstić information content (AvgIpc) is 2.70. The number of aryl methyl sites for hydroxylation is 1. The summed E-state index contributed by atoms with van der Waals surface area (Å²) < 4.78 is 26.2. The van der Waals surface area contributed by atoms with Gasteiger partial charge in [0.1, 0.15) is 5.75 Å². The first-order valence-electron chi connectivity index (χ1n) is 11.0. The molecule has 10 heteroatoms. The van der Waals surface area contributed by atoms with Gasteiger partial charge in [-0.3, -0.25) is 0 Å². The molecular weight excluding hydrogens is 454 g/mol. The molecule has 0 spiro atoms. The van der Waals surface area contributed by atoms with Crippen molar-refractivity contribution in [1.29, 1.82) is 0 Å². The number of phenols is 1. The molecule has 184 valence electrons. The first-order chi connectivity index (χ1) is 15.6. The molecule has 0 aromatic heterocycles. The van der Waals surface area contributed by atoms with Crippen LogP contribution in [0.4, 0.5) is 10.5 Å². The van der Waals surface area contributed by atoms with Crippen molar-refractivity contribution in [2.45, 2.75) is 70.1 Å². The van der Waals surface area contributed by atoms with E-state index in [2.05, 4.69) is 61.6 Å². The number of aromatic hydroxyl groups is 1. The molecule has 0 radical (unpaired) electrons. The highest BCUT2D eigenvalue weighted by atomic mass is 32.2. The van der Waals surface area contributed by atoms with Gasteiger partial charge in [-0.15, -0.1) is 0 Å². The van der Waals surface area contributed by atoms with Crippen LogP contribution in [-0.2, 0) is 27.3 Å². The van der Waals surface area contributed by atoms with E-state index in [4.69, 9.17) is 5.53 Å². The Labute approximate surface area is 201 Å². The second-order valence-corrected chi connectivity index (χ2v) is 11.8. The summed E-state index contributed by atoms with van der Waals surface area (Å²) in [6.07, 6.45) is 1.44. The van der Waals surface area contributed by atoms with Gasteiger partial charge in [-0.25, -0.2) is 13.2 Å². The first-order valence-corrected chi connectivity index (χ1v) is 12.4. The van der Waals surface area contributed by atoms with Gasteiger partial charge in [-0.2, -0.15) is 0 Å². The number of carbonyl (C=O) groups excluding carboxylic acids is 1. The van der Waals surface area contributed by atoms with E-state index < -0.39 is 16.1 Å². The molecule has 0 aliphatic heterocycles. The Balaban J connectivity index is 1.98. The highest BCUT2D eigenvalue weighted by molar-refractivity contribution is 7.90. The zero-order valence-electron chi connectivity index (χ0n) is 20.5. The van der Waals surface area contributed by atoms with Crippen LogP contribution >= 0.6 is 0 Å². The normalized spacial score (nSPS) is 12.1. The average molecular weight is 488 g/mol. The maximum atomic E-state index is 12.2. The van der Waals surface area contributed by atoms with Gasteiger partial charge in [0, 0.05) is 21.7 Å². The number of azide groups is 1. The van der Waals surface area contributed by atoms with Crippen molar-refractivity contribution in [3.8, 4) is 5.75 Å². The lowest BCUT2D eigenvalue weighted by Crippen LogP contribution is -2.29. The van der Waals surface area contributed by atoms with Crippen LogP contribution in [0.15, 0.2) is 45.8 Å². The lowest BCUT2D eigenvalue weighted by molar-refractivity contribution is 0.252. The Morgan fingerprint density at radius 3 is 2.03 bits per heavy atom. The molecule has 2 aromatic rings. The summed E-state index contributed by atoms with van der Waals surface area (Å²) in [5.41, 5.74) is 11.2. The first kappa shape index (κ1) is 27.0. The minimum atomic E-state index is -4.06. The standard InChI is InChI=1S/C24H33N5O4S/c1-23(2,3)19-14-16(15-20(21(19)30)24(4,5)6)8-7-13-26-22(31)27-17-9-11-18(12-10-17)34(32,33)29-28-25/h9-12,14-15,30H,7-8,13H2,1-6H3,(H2,26,27,31). The van der Waals surface area contributed by atoms with Crippen LogP contribution in [0.1, 0.15) is 64.7 Å². The minimum Gasteiger partial charge on any atom is -0.507 e. The fourth-order valence-electron chi connectivity index (χ4n) is 3.46. The molecule has 0 fully saturated rings. The van der Waals surface area contributed by atoms with E-state index in [9.17, 15) is 18.3 Å². The third kappa shape index (κ3) is 7.13. The van der Waals surface area contributed by atoms with E-state index in [1.165, 1.54) is 24.3 Å². The predicted molar refractivity (Wildman–Crippen MR) is 134 cm³/mol. The number of rotatable bonds is 7. The minimum absolute atomic E-state index is 0.158. The van der Waals surface area contributed by atoms with E-state index in [0.29, 0.717) is 24.4 Å². The van der Waals surface area contributed by atoms with Gasteiger partial charge in [0.25, 0.3) is 10.0 Å². The number of sulfonamides is 1. The van der Waals surface area contributed by atoms with Crippen molar-refractivity contribution in [2.24, 2.45) is 4.52 Å². The number of hydrogen-bond acceptors (Lipinski definition) is 4. The van der Waals surface area contributed by atoms with Gasteiger partial charge in [-0.1, -0.05) is 53.7 Å². The van der Waals surface area contributed by atoms with Crippen LogP contribution in [0.2, 0.25) is 0 Å². The van der Waals surface area contributed by atoms with Crippen molar-refractivity contribution in [2.75, 3.05) is 11.9 Å². The number of phenolic OH excluding ortho intramolecular Hbond substituents is 1. The van der Waals surface area contributed by atoms with E-state index >= 15 is 0 Å². The third-order valence-corrected chi connectivity index (χ3v) is 6.42. The Kier molecular flexibility index (Phi) is 8.23. The molecule has 2 aromatic carbocycles. The van der Waals surface area contributed by atoms with Crippen LogP contribution in [0, 0.1) is 0 Å². The van der Waals surface area contributed by atoms with Gasteiger partial charge in [-0.05, 0) is 70.2 Å². The van der Waals surface area contributed by atoms with Gasteiger partial charge in [0.15, 0.2) is 0 Å². The van der Waals surface area contributed by atoms with Crippen molar-refractivity contribution >= 4 is 21.7 Å². The molecule has 0 bridgehead atoms. The second kappa shape index (κ2) is 10.4. The number of hydrogen-bond donors (Lipinski definition) is 3. The molecule has 2 rings (SSSR count). The number of anilines is 1. The van der Waals surface area contributed by atoms with Crippen LogP contribution < -0.4 is 10.6 Å². The Morgan fingerprint density at radius 1 is 1.03 bits per heavy atom. The largest absolute Gasteiger partial charge is 0.507 e.